The SMILES string of the molecule is O=C(O)C(=S)Cc1cccc2ccccc12. The summed E-state index contributed by atoms with van der Waals surface area (Å²) < 4.78 is 0. The molecule has 0 aliphatic carbocycles. The van der Waals surface area contributed by atoms with Crippen molar-refractivity contribution in [3.05, 3.63) is 48.0 Å². The minimum atomic E-state index is -1.01. The summed E-state index contributed by atoms with van der Waals surface area (Å²) in [6.07, 6.45) is 0.312. The Bertz CT molecular complexity index is 555. The molecular weight excluding hydrogens is 220 g/mol. The molecule has 0 fully saturated rings. The van der Waals surface area contributed by atoms with E-state index in [1.165, 1.54) is 0 Å². The van der Waals surface area contributed by atoms with E-state index in [0.29, 0.717) is 6.42 Å². The van der Waals surface area contributed by atoms with Crippen molar-refractivity contribution in [1.29, 1.82) is 0 Å². The van der Waals surface area contributed by atoms with Crippen LogP contribution >= 0.6 is 12.2 Å². The molecule has 1 N–H and O–H groups in total. The fraction of sp³-hybridized carbons (Fsp3) is 0.0769. The molecule has 2 rings (SSSR count). The minimum absolute atomic E-state index is 0.0522. The van der Waals surface area contributed by atoms with Crippen LogP contribution in [0.2, 0.25) is 0 Å². The molecule has 0 amide bonds. The standard InChI is InChI=1S/C13H10O2S/c14-13(15)12(16)8-10-6-3-5-9-4-1-2-7-11(9)10/h1-7H,8H2,(H,14,15). The van der Waals surface area contributed by atoms with E-state index in [1.807, 2.05) is 42.5 Å². The van der Waals surface area contributed by atoms with Crippen molar-refractivity contribution in [2.24, 2.45) is 0 Å². The van der Waals surface area contributed by atoms with Crippen molar-refractivity contribution in [1.82, 2.24) is 0 Å². The van der Waals surface area contributed by atoms with Crippen molar-refractivity contribution in [2.45, 2.75) is 6.42 Å². The van der Waals surface area contributed by atoms with Crippen molar-refractivity contribution < 1.29 is 9.90 Å². The number of fused-ring (bicyclic) bond motifs is 1. The van der Waals surface area contributed by atoms with Gasteiger partial charge in [0.25, 0.3) is 0 Å². The molecule has 0 unspecified atom stereocenters. The third-order valence-corrected chi connectivity index (χ3v) is 2.79. The van der Waals surface area contributed by atoms with Gasteiger partial charge in [0.2, 0.25) is 0 Å². The first-order valence-corrected chi connectivity index (χ1v) is 5.32. The summed E-state index contributed by atoms with van der Waals surface area (Å²) in [5.41, 5.74) is 0.963. The van der Waals surface area contributed by atoms with E-state index >= 15 is 0 Å². The van der Waals surface area contributed by atoms with Gasteiger partial charge in [0, 0.05) is 6.42 Å². The van der Waals surface area contributed by atoms with Gasteiger partial charge in [0.05, 0.1) is 0 Å². The van der Waals surface area contributed by atoms with Crippen LogP contribution < -0.4 is 0 Å². The molecule has 16 heavy (non-hydrogen) atoms. The molecule has 2 aromatic carbocycles. The van der Waals surface area contributed by atoms with Gasteiger partial charge in [-0.15, -0.1) is 0 Å². The first-order chi connectivity index (χ1) is 7.68. The highest BCUT2D eigenvalue weighted by molar-refractivity contribution is 7.82. The van der Waals surface area contributed by atoms with E-state index in [4.69, 9.17) is 17.3 Å². The number of rotatable bonds is 3. The lowest BCUT2D eigenvalue weighted by atomic mass is 10.0. The van der Waals surface area contributed by atoms with Crippen molar-refractivity contribution in [3.63, 3.8) is 0 Å². The lowest BCUT2D eigenvalue weighted by Gasteiger charge is -2.05. The van der Waals surface area contributed by atoms with E-state index in [2.05, 4.69) is 0 Å². The number of carbonyl (C=O) groups is 1. The third kappa shape index (κ3) is 2.09. The van der Waals surface area contributed by atoms with E-state index in [0.717, 1.165) is 16.3 Å². The number of thiocarbonyl (C=S) groups is 1. The smallest absolute Gasteiger partial charge is 0.342 e. The second-order valence-electron chi connectivity index (χ2n) is 3.54. The van der Waals surface area contributed by atoms with E-state index in [-0.39, 0.29) is 4.86 Å². The molecule has 0 aliphatic rings. The topological polar surface area (TPSA) is 37.3 Å². The summed E-state index contributed by atoms with van der Waals surface area (Å²) in [6, 6.07) is 13.7. The molecule has 0 saturated heterocycles. The summed E-state index contributed by atoms with van der Waals surface area (Å²) in [5.74, 6) is -1.01. The van der Waals surface area contributed by atoms with Crippen LogP contribution in [0.5, 0.6) is 0 Å². The van der Waals surface area contributed by atoms with Gasteiger partial charge in [-0.3, -0.25) is 0 Å². The van der Waals surface area contributed by atoms with Crippen LogP contribution in [0.3, 0.4) is 0 Å². The second-order valence-corrected chi connectivity index (χ2v) is 4.04. The fourth-order valence-corrected chi connectivity index (χ4v) is 1.85. The molecule has 80 valence electrons. The Morgan fingerprint density at radius 1 is 1.12 bits per heavy atom. The van der Waals surface area contributed by atoms with Gasteiger partial charge in [-0.05, 0) is 16.3 Å². The molecule has 0 radical (unpaired) electrons. The number of benzene rings is 2. The molecular formula is C13H10O2S. The van der Waals surface area contributed by atoms with Crippen molar-refractivity contribution in [3.8, 4) is 0 Å². The molecule has 0 heterocycles. The van der Waals surface area contributed by atoms with Gasteiger partial charge in [0.1, 0.15) is 4.86 Å². The summed E-state index contributed by atoms with van der Waals surface area (Å²) >= 11 is 4.82. The highest BCUT2D eigenvalue weighted by Gasteiger charge is 2.09. The molecule has 0 spiro atoms. The van der Waals surface area contributed by atoms with Gasteiger partial charge in [-0.25, -0.2) is 4.79 Å². The first-order valence-electron chi connectivity index (χ1n) is 4.91. The van der Waals surface area contributed by atoms with E-state index < -0.39 is 5.97 Å². The lowest BCUT2D eigenvalue weighted by Crippen LogP contribution is -2.12. The molecule has 0 atom stereocenters. The number of hydrogen-bond acceptors (Lipinski definition) is 2. The Morgan fingerprint density at radius 2 is 1.81 bits per heavy atom. The maximum absolute atomic E-state index is 10.7. The van der Waals surface area contributed by atoms with Gasteiger partial charge in [0.15, 0.2) is 0 Å². The molecule has 2 aromatic rings. The van der Waals surface area contributed by atoms with Crippen molar-refractivity contribution >= 4 is 33.8 Å². The lowest BCUT2D eigenvalue weighted by molar-refractivity contribution is -0.129. The van der Waals surface area contributed by atoms with Gasteiger partial charge in [-0.2, -0.15) is 0 Å². The van der Waals surface area contributed by atoms with Crippen LogP contribution in [0, 0.1) is 0 Å². The summed E-state index contributed by atoms with van der Waals surface area (Å²) in [4.78, 5) is 10.8. The summed E-state index contributed by atoms with van der Waals surface area (Å²) in [7, 11) is 0. The monoisotopic (exact) mass is 230 g/mol. The molecule has 0 saturated carbocycles. The van der Waals surface area contributed by atoms with Gasteiger partial charge >= 0.3 is 5.97 Å². The zero-order valence-corrected chi connectivity index (χ0v) is 9.33. The Hall–Kier alpha value is -1.74. The molecule has 0 aliphatic heterocycles. The van der Waals surface area contributed by atoms with E-state index in [1.54, 1.807) is 0 Å². The van der Waals surface area contributed by atoms with E-state index in [9.17, 15) is 4.79 Å². The second kappa shape index (κ2) is 4.41. The maximum atomic E-state index is 10.7. The largest absolute Gasteiger partial charge is 0.477 e. The number of hydrogen-bond donors (Lipinski definition) is 1. The number of aliphatic carboxylic acids is 1. The van der Waals surface area contributed by atoms with Crippen LogP contribution in [0.25, 0.3) is 10.8 Å². The maximum Gasteiger partial charge on any atom is 0.342 e. The Morgan fingerprint density at radius 3 is 2.56 bits per heavy atom. The summed E-state index contributed by atoms with van der Waals surface area (Å²) in [6.45, 7) is 0. The van der Waals surface area contributed by atoms with Crippen LogP contribution in [-0.2, 0) is 11.2 Å². The molecule has 3 heteroatoms. The number of carboxylic acids is 1. The van der Waals surface area contributed by atoms with Gasteiger partial charge in [-0.1, -0.05) is 54.7 Å². The van der Waals surface area contributed by atoms with Crippen molar-refractivity contribution in [2.75, 3.05) is 0 Å². The first kappa shape index (κ1) is 10.8. The molecule has 0 aromatic heterocycles. The number of carboxylic acid groups (broad SMARTS) is 1. The normalized spacial score (nSPS) is 10.2. The third-order valence-electron chi connectivity index (χ3n) is 2.47. The Balaban J connectivity index is 2.45. The highest BCUT2D eigenvalue weighted by Crippen LogP contribution is 2.19. The predicted octanol–water partition coefficient (Wildman–Crippen LogP) is 2.84. The highest BCUT2D eigenvalue weighted by atomic mass is 32.1. The Labute approximate surface area is 98.5 Å². The molecule has 2 nitrogen and oxygen atoms in total. The quantitative estimate of drug-likeness (QED) is 0.824. The average molecular weight is 230 g/mol. The Kier molecular flexibility index (Phi) is 2.97. The van der Waals surface area contributed by atoms with Gasteiger partial charge < -0.3 is 5.11 Å². The zero-order valence-electron chi connectivity index (χ0n) is 8.51. The average Bonchev–Trinajstić information content (AvgIpc) is 2.29. The minimum Gasteiger partial charge on any atom is -0.477 e. The summed E-state index contributed by atoms with van der Waals surface area (Å²) in [5, 5.41) is 10.9. The zero-order chi connectivity index (χ0) is 11.5. The van der Waals surface area contributed by atoms with Crippen LogP contribution in [0.4, 0.5) is 0 Å². The van der Waals surface area contributed by atoms with Crippen LogP contribution in [0.15, 0.2) is 42.5 Å². The predicted molar refractivity (Wildman–Crippen MR) is 67.9 cm³/mol. The molecule has 0 bridgehead atoms. The van der Waals surface area contributed by atoms with Crippen LogP contribution in [0.1, 0.15) is 5.56 Å². The van der Waals surface area contributed by atoms with Crippen LogP contribution in [-0.4, -0.2) is 15.9 Å². The fourth-order valence-electron chi connectivity index (χ4n) is 1.70.